The summed E-state index contributed by atoms with van der Waals surface area (Å²) in [6.45, 7) is 5.81. The van der Waals surface area contributed by atoms with Crippen LogP contribution in [-0.4, -0.2) is 15.7 Å². The van der Waals surface area contributed by atoms with Gasteiger partial charge in [0.25, 0.3) is 0 Å². The molecule has 0 spiro atoms. The van der Waals surface area contributed by atoms with Crippen LogP contribution in [0.2, 0.25) is 0 Å². The average molecular weight is 257 g/mol. The van der Waals surface area contributed by atoms with Crippen molar-refractivity contribution in [1.82, 2.24) is 4.98 Å². The second kappa shape index (κ2) is 5.41. The normalized spacial score (nSPS) is 11.4. The second-order valence-corrected chi connectivity index (χ2v) is 5.40. The molecule has 2 aromatic rings. The van der Waals surface area contributed by atoms with Gasteiger partial charge in [0.15, 0.2) is 0 Å². The summed E-state index contributed by atoms with van der Waals surface area (Å²) < 4.78 is 5.81. The van der Waals surface area contributed by atoms with Crippen LogP contribution in [0.1, 0.15) is 26.3 Å². The van der Waals surface area contributed by atoms with Crippen molar-refractivity contribution < 1.29 is 9.84 Å². The predicted octanol–water partition coefficient (Wildman–Crippen LogP) is 3.42. The second-order valence-electron chi connectivity index (χ2n) is 5.40. The van der Waals surface area contributed by atoms with Crippen LogP contribution in [0, 0.1) is 0 Å². The SMILES string of the molecule is CC(C)(C)Oc1nc(-c2ccccc2)ccc1CO. The van der Waals surface area contributed by atoms with Gasteiger partial charge in [-0.15, -0.1) is 0 Å². The van der Waals surface area contributed by atoms with E-state index >= 15 is 0 Å². The molecule has 0 aliphatic rings. The number of aromatic nitrogens is 1. The molecule has 0 unspecified atom stereocenters. The highest BCUT2D eigenvalue weighted by Gasteiger charge is 2.16. The molecule has 1 N–H and O–H groups in total. The molecular formula is C16H19NO2. The Balaban J connectivity index is 2.41. The summed E-state index contributed by atoms with van der Waals surface area (Å²) in [6, 6.07) is 13.7. The first-order valence-corrected chi connectivity index (χ1v) is 6.35. The van der Waals surface area contributed by atoms with E-state index in [4.69, 9.17) is 4.74 Å². The van der Waals surface area contributed by atoms with Crippen molar-refractivity contribution in [2.45, 2.75) is 33.0 Å². The predicted molar refractivity (Wildman–Crippen MR) is 76.0 cm³/mol. The van der Waals surface area contributed by atoms with Crippen molar-refractivity contribution in [1.29, 1.82) is 0 Å². The van der Waals surface area contributed by atoms with Gasteiger partial charge in [0.05, 0.1) is 12.3 Å². The Bertz CT molecular complexity index is 544. The van der Waals surface area contributed by atoms with E-state index in [-0.39, 0.29) is 12.2 Å². The van der Waals surface area contributed by atoms with Crippen molar-refractivity contribution in [3.63, 3.8) is 0 Å². The molecule has 0 saturated heterocycles. The maximum atomic E-state index is 9.36. The van der Waals surface area contributed by atoms with Gasteiger partial charge in [-0.3, -0.25) is 0 Å². The lowest BCUT2D eigenvalue weighted by molar-refractivity contribution is 0.119. The third-order valence-corrected chi connectivity index (χ3v) is 2.58. The summed E-state index contributed by atoms with van der Waals surface area (Å²) in [4.78, 5) is 4.52. The molecule has 100 valence electrons. The van der Waals surface area contributed by atoms with Gasteiger partial charge in [0.2, 0.25) is 5.88 Å². The fraction of sp³-hybridized carbons (Fsp3) is 0.312. The van der Waals surface area contributed by atoms with Gasteiger partial charge in [-0.25, -0.2) is 4.98 Å². The lowest BCUT2D eigenvalue weighted by atomic mass is 10.1. The molecule has 0 bridgehead atoms. The van der Waals surface area contributed by atoms with Crippen LogP contribution in [0.25, 0.3) is 11.3 Å². The molecule has 0 saturated carbocycles. The largest absolute Gasteiger partial charge is 0.472 e. The van der Waals surface area contributed by atoms with Crippen molar-refractivity contribution in [3.8, 4) is 17.1 Å². The van der Waals surface area contributed by atoms with Gasteiger partial charge >= 0.3 is 0 Å². The van der Waals surface area contributed by atoms with Gasteiger partial charge in [0, 0.05) is 11.1 Å². The Labute approximate surface area is 113 Å². The molecule has 1 aromatic heterocycles. The number of hydrogen-bond donors (Lipinski definition) is 1. The van der Waals surface area contributed by atoms with Crippen molar-refractivity contribution >= 4 is 0 Å². The van der Waals surface area contributed by atoms with E-state index in [1.165, 1.54) is 0 Å². The molecule has 0 atom stereocenters. The summed E-state index contributed by atoms with van der Waals surface area (Å²) in [5.41, 5.74) is 2.24. The number of rotatable bonds is 3. The number of nitrogens with zero attached hydrogens (tertiary/aromatic N) is 1. The van der Waals surface area contributed by atoms with Crippen LogP contribution in [0.15, 0.2) is 42.5 Å². The minimum Gasteiger partial charge on any atom is -0.472 e. The highest BCUT2D eigenvalue weighted by Crippen LogP contribution is 2.25. The van der Waals surface area contributed by atoms with Crippen LogP contribution >= 0.6 is 0 Å². The Morgan fingerprint density at radius 1 is 1.05 bits per heavy atom. The third-order valence-electron chi connectivity index (χ3n) is 2.58. The molecule has 0 radical (unpaired) electrons. The van der Waals surface area contributed by atoms with E-state index in [0.717, 1.165) is 11.3 Å². The topological polar surface area (TPSA) is 42.4 Å². The van der Waals surface area contributed by atoms with Crippen LogP contribution in [0.5, 0.6) is 5.88 Å². The molecule has 1 aromatic carbocycles. The molecule has 1 heterocycles. The molecule has 0 aliphatic heterocycles. The maximum absolute atomic E-state index is 9.36. The van der Waals surface area contributed by atoms with Crippen LogP contribution in [-0.2, 0) is 6.61 Å². The number of aliphatic hydroxyl groups is 1. The van der Waals surface area contributed by atoms with Crippen LogP contribution in [0.3, 0.4) is 0 Å². The van der Waals surface area contributed by atoms with Gasteiger partial charge in [-0.2, -0.15) is 0 Å². The first-order valence-electron chi connectivity index (χ1n) is 6.35. The summed E-state index contributed by atoms with van der Waals surface area (Å²) in [5, 5.41) is 9.36. The van der Waals surface area contributed by atoms with Gasteiger partial charge < -0.3 is 9.84 Å². The lowest BCUT2D eigenvalue weighted by Crippen LogP contribution is -2.24. The molecular weight excluding hydrogens is 238 g/mol. The minimum atomic E-state index is -0.341. The molecule has 3 heteroatoms. The Morgan fingerprint density at radius 2 is 1.74 bits per heavy atom. The number of benzene rings is 1. The minimum absolute atomic E-state index is 0.0759. The fourth-order valence-corrected chi connectivity index (χ4v) is 1.74. The zero-order valence-electron chi connectivity index (χ0n) is 11.6. The van der Waals surface area contributed by atoms with E-state index < -0.39 is 0 Å². The molecule has 0 aliphatic carbocycles. The Hall–Kier alpha value is -1.87. The Kier molecular flexibility index (Phi) is 3.86. The lowest BCUT2D eigenvalue weighted by Gasteiger charge is -2.22. The molecule has 2 rings (SSSR count). The molecule has 3 nitrogen and oxygen atoms in total. The highest BCUT2D eigenvalue weighted by atomic mass is 16.5. The number of hydrogen-bond acceptors (Lipinski definition) is 3. The summed E-state index contributed by atoms with van der Waals surface area (Å²) in [7, 11) is 0. The first-order chi connectivity index (χ1) is 8.99. The van der Waals surface area contributed by atoms with E-state index in [2.05, 4.69) is 4.98 Å². The monoisotopic (exact) mass is 257 g/mol. The smallest absolute Gasteiger partial charge is 0.219 e. The molecule has 0 amide bonds. The van der Waals surface area contributed by atoms with Crippen LogP contribution < -0.4 is 4.74 Å². The van der Waals surface area contributed by atoms with E-state index in [1.807, 2.05) is 63.2 Å². The Morgan fingerprint density at radius 3 is 2.32 bits per heavy atom. The van der Waals surface area contributed by atoms with Crippen molar-refractivity contribution in [2.75, 3.05) is 0 Å². The highest BCUT2D eigenvalue weighted by molar-refractivity contribution is 5.60. The average Bonchev–Trinajstić information content (AvgIpc) is 2.38. The summed E-state index contributed by atoms with van der Waals surface area (Å²) >= 11 is 0. The fourth-order valence-electron chi connectivity index (χ4n) is 1.74. The quantitative estimate of drug-likeness (QED) is 0.916. The maximum Gasteiger partial charge on any atom is 0.219 e. The van der Waals surface area contributed by atoms with Gasteiger partial charge in [0.1, 0.15) is 5.60 Å². The standard InChI is InChI=1S/C16H19NO2/c1-16(2,3)19-15-13(11-18)9-10-14(17-15)12-7-5-4-6-8-12/h4-10,18H,11H2,1-3H3. The summed E-state index contributed by atoms with van der Waals surface area (Å²) in [6.07, 6.45) is 0. The molecule has 19 heavy (non-hydrogen) atoms. The van der Waals surface area contributed by atoms with Gasteiger partial charge in [-0.1, -0.05) is 30.3 Å². The van der Waals surface area contributed by atoms with E-state index in [1.54, 1.807) is 0 Å². The van der Waals surface area contributed by atoms with E-state index in [9.17, 15) is 5.11 Å². The summed E-state index contributed by atoms with van der Waals surface area (Å²) in [5.74, 6) is 0.497. The third kappa shape index (κ3) is 3.55. The number of ether oxygens (including phenoxy) is 1. The van der Waals surface area contributed by atoms with E-state index in [0.29, 0.717) is 11.4 Å². The number of pyridine rings is 1. The van der Waals surface area contributed by atoms with Crippen molar-refractivity contribution in [2.24, 2.45) is 0 Å². The first kappa shape index (κ1) is 13.6. The van der Waals surface area contributed by atoms with Gasteiger partial charge in [-0.05, 0) is 32.9 Å². The zero-order chi connectivity index (χ0) is 13.9. The molecule has 0 fully saturated rings. The van der Waals surface area contributed by atoms with Crippen LogP contribution in [0.4, 0.5) is 0 Å². The van der Waals surface area contributed by atoms with Crippen molar-refractivity contribution in [3.05, 3.63) is 48.0 Å². The zero-order valence-corrected chi connectivity index (χ0v) is 11.6. The number of aliphatic hydroxyl groups excluding tert-OH is 1.